The predicted molar refractivity (Wildman–Crippen MR) is 88.6 cm³/mol. The molecule has 0 atom stereocenters. The Kier molecular flexibility index (Phi) is 3.49. The van der Waals surface area contributed by atoms with Gasteiger partial charge >= 0.3 is 0 Å². The maximum Gasteiger partial charge on any atom is 0.202 e. The summed E-state index contributed by atoms with van der Waals surface area (Å²) in [5.41, 5.74) is 14.2. The van der Waals surface area contributed by atoms with Crippen molar-refractivity contribution in [3.63, 3.8) is 0 Å². The molecule has 1 heterocycles. The van der Waals surface area contributed by atoms with Crippen LogP contribution in [0.4, 0.5) is 5.13 Å². The number of fused-ring (bicyclic) bond motifs is 1. The molecule has 0 aliphatic carbocycles. The molecule has 1 aromatic heterocycles. The molecule has 100 valence electrons. The normalized spacial score (nSPS) is 10.4. The molecule has 4 nitrogen and oxygen atoms in total. The Morgan fingerprint density at radius 3 is 2.65 bits per heavy atom. The van der Waals surface area contributed by atoms with Crippen molar-refractivity contribution in [1.29, 1.82) is 0 Å². The molecule has 0 aliphatic rings. The molecule has 3 rings (SSSR count). The van der Waals surface area contributed by atoms with Crippen LogP contribution in [0.15, 0.2) is 48.5 Å². The van der Waals surface area contributed by atoms with Gasteiger partial charge in [0.05, 0.1) is 10.2 Å². The third-order valence-electron chi connectivity index (χ3n) is 2.80. The van der Waals surface area contributed by atoms with Gasteiger partial charge in [0, 0.05) is 5.56 Å². The van der Waals surface area contributed by atoms with Gasteiger partial charge in [-0.25, -0.2) is 4.98 Å². The average Bonchev–Trinajstić information content (AvgIpc) is 2.89. The van der Waals surface area contributed by atoms with E-state index in [2.05, 4.69) is 34.0 Å². The van der Waals surface area contributed by atoms with Gasteiger partial charge in [0.2, 0.25) is 5.13 Å². The van der Waals surface area contributed by atoms with Gasteiger partial charge in [-0.15, -0.1) is 0 Å². The van der Waals surface area contributed by atoms with E-state index < -0.39 is 0 Å². The van der Waals surface area contributed by atoms with Gasteiger partial charge in [0.1, 0.15) is 0 Å². The number of benzene rings is 2. The van der Waals surface area contributed by atoms with E-state index in [-0.39, 0.29) is 5.11 Å². The van der Waals surface area contributed by atoms with Gasteiger partial charge in [-0.1, -0.05) is 53.8 Å². The minimum Gasteiger partial charge on any atom is -0.375 e. The second-order valence-corrected chi connectivity index (χ2v) is 5.62. The molecule has 0 fully saturated rings. The zero-order chi connectivity index (χ0) is 13.9. The highest BCUT2D eigenvalue weighted by Crippen LogP contribution is 2.33. The van der Waals surface area contributed by atoms with E-state index in [0.29, 0.717) is 0 Å². The average molecular weight is 300 g/mol. The fourth-order valence-electron chi connectivity index (χ4n) is 1.97. The van der Waals surface area contributed by atoms with Crippen LogP contribution in [0.3, 0.4) is 0 Å². The Morgan fingerprint density at radius 1 is 1.10 bits per heavy atom. The molecule has 0 bridgehead atoms. The second-order valence-electron chi connectivity index (χ2n) is 4.15. The number of nitrogens with one attached hydrogen (secondary N) is 2. The lowest BCUT2D eigenvalue weighted by Crippen LogP contribution is -2.33. The number of hydrogen-bond acceptors (Lipinski definition) is 4. The van der Waals surface area contributed by atoms with Crippen LogP contribution in [0.2, 0.25) is 0 Å². The molecular formula is C14H12N4S2. The molecule has 0 unspecified atom stereocenters. The van der Waals surface area contributed by atoms with Gasteiger partial charge in [-0.05, 0) is 23.8 Å². The second kappa shape index (κ2) is 5.44. The molecule has 3 aromatic rings. The number of nitrogens with two attached hydrogens (primary N) is 1. The van der Waals surface area contributed by atoms with Crippen LogP contribution in [-0.2, 0) is 0 Å². The molecule has 0 amide bonds. The number of rotatable bonds is 3. The van der Waals surface area contributed by atoms with Crippen LogP contribution >= 0.6 is 23.6 Å². The highest BCUT2D eigenvalue weighted by atomic mass is 32.1. The minimum absolute atomic E-state index is 0.188. The lowest BCUT2D eigenvalue weighted by atomic mass is 10.1. The van der Waals surface area contributed by atoms with E-state index in [1.807, 2.05) is 30.3 Å². The summed E-state index contributed by atoms with van der Waals surface area (Å²) in [6.45, 7) is 0. The summed E-state index contributed by atoms with van der Waals surface area (Å²) in [7, 11) is 0. The molecule has 6 heteroatoms. The number of hydrazine groups is 1. The number of nitrogens with zero attached hydrogens (tertiary/aromatic N) is 1. The van der Waals surface area contributed by atoms with Crippen LogP contribution in [0.1, 0.15) is 0 Å². The largest absolute Gasteiger partial charge is 0.375 e. The third-order valence-corrected chi connectivity index (χ3v) is 3.83. The summed E-state index contributed by atoms with van der Waals surface area (Å²) in [6, 6.07) is 16.4. The topological polar surface area (TPSA) is 63.0 Å². The van der Waals surface area contributed by atoms with E-state index >= 15 is 0 Å². The quantitative estimate of drug-likeness (QED) is 0.512. The molecule has 0 saturated heterocycles. The maximum atomic E-state index is 5.39. The molecule has 0 radical (unpaired) electrons. The number of thiazole rings is 1. The SMILES string of the molecule is NC(=S)NNc1nc2c(-c3ccccc3)cccc2s1. The van der Waals surface area contributed by atoms with E-state index in [9.17, 15) is 0 Å². The Morgan fingerprint density at radius 2 is 1.90 bits per heavy atom. The zero-order valence-electron chi connectivity index (χ0n) is 10.5. The number of para-hydroxylation sites is 1. The van der Waals surface area contributed by atoms with Crippen LogP contribution in [0, 0.1) is 0 Å². The Bertz CT molecular complexity index is 752. The van der Waals surface area contributed by atoms with Gasteiger partial charge in [0.15, 0.2) is 5.11 Å². The van der Waals surface area contributed by atoms with Crippen LogP contribution in [0.5, 0.6) is 0 Å². The molecule has 0 spiro atoms. The van der Waals surface area contributed by atoms with E-state index in [1.165, 1.54) is 0 Å². The Hall–Kier alpha value is -2.18. The first kappa shape index (κ1) is 12.8. The standard InChI is InChI=1S/C14H12N4S2/c15-13(19)17-18-14-16-12-10(7-4-8-11(12)20-14)9-5-2-1-3-6-9/h1-8H,(H,16,18)(H3,15,17,19). The number of anilines is 1. The van der Waals surface area contributed by atoms with Gasteiger partial charge in [0.25, 0.3) is 0 Å². The van der Waals surface area contributed by atoms with E-state index in [1.54, 1.807) is 11.3 Å². The zero-order valence-corrected chi connectivity index (χ0v) is 12.1. The predicted octanol–water partition coefficient (Wildman–Crippen LogP) is 3.12. The Balaban J connectivity index is 2.04. The van der Waals surface area contributed by atoms with Crippen molar-refractivity contribution in [3.05, 3.63) is 48.5 Å². The van der Waals surface area contributed by atoms with Gasteiger partial charge in [-0.3, -0.25) is 10.9 Å². The highest BCUT2D eigenvalue weighted by Gasteiger charge is 2.09. The lowest BCUT2D eigenvalue weighted by molar-refractivity contribution is 1.12. The van der Waals surface area contributed by atoms with Gasteiger partial charge in [-0.2, -0.15) is 0 Å². The molecule has 0 aliphatic heterocycles. The van der Waals surface area contributed by atoms with Crippen molar-refractivity contribution in [2.75, 3.05) is 5.43 Å². The number of thiocarbonyl (C=S) groups is 1. The lowest BCUT2D eigenvalue weighted by Gasteiger charge is -2.02. The van der Waals surface area contributed by atoms with Crippen molar-refractivity contribution < 1.29 is 0 Å². The molecule has 0 saturated carbocycles. The third kappa shape index (κ3) is 2.56. The maximum absolute atomic E-state index is 5.39. The van der Waals surface area contributed by atoms with Crippen molar-refractivity contribution in [1.82, 2.24) is 10.4 Å². The summed E-state index contributed by atoms with van der Waals surface area (Å²) in [6.07, 6.45) is 0. The van der Waals surface area contributed by atoms with Crippen molar-refractivity contribution in [2.45, 2.75) is 0 Å². The first-order valence-electron chi connectivity index (χ1n) is 6.00. The molecule has 20 heavy (non-hydrogen) atoms. The summed E-state index contributed by atoms with van der Waals surface area (Å²) in [4.78, 5) is 4.59. The van der Waals surface area contributed by atoms with Crippen LogP contribution in [-0.4, -0.2) is 10.1 Å². The molecular weight excluding hydrogens is 288 g/mol. The van der Waals surface area contributed by atoms with Crippen molar-refractivity contribution >= 4 is 44.0 Å². The van der Waals surface area contributed by atoms with E-state index in [4.69, 9.17) is 18.0 Å². The first-order valence-corrected chi connectivity index (χ1v) is 7.23. The summed E-state index contributed by atoms with van der Waals surface area (Å²) in [5.74, 6) is 0. The fraction of sp³-hybridized carbons (Fsp3) is 0. The summed E-state index contributed by atoms with van der Waals surface area (Å²) >= 11 is 6.31. The van der Waals surface area contributed by atoms with Crippen LogP contribution in [0.25, 0.3) is 21.3 Å². The first-order chi connectivity index (χ1) is 9.74. The number of aromatic nitrogens is 1. The summed E-state index contributed by atoms with van der Waals surface area (Å²) < 4.78 is 1.11. The highest BCUT2D eigenvalue weighted by molar-refractivity contribution is 7.80. The van der Waals surface area contributed by atoms with Gasteiger partial charge < -0.3 is 5.73 Å². The minimum atomic E-state index is 0.188. The van der Waals surface area contributed by atoms with Crippen molar-refractivity contribution in [3.8, 4) is 11.1 Å². The van der Waals surface area contributed by atoms with Crippen LogP contribution < -0.4 is 16.6 Å². The smallest absolute Gasteiger partial charge is 0.202 e. The van der Waals surface area contributed by atoms with Crippen molar-refractivity contribution in [2.24, 2.45) is 5.73 Å². The molecule has 2 aromatic carbocycles. The fourth-order valence-corrected chi connectivity index (χ4v) is 2.86. The summed E-state index contributed by atoms with van der Waals surface area (Å²) in [5, 5.41) is 0.920. The monoisotopic (exact) mass is 300 g/mol. The van der Waals surface area contributed by atoms with E-state index in [0.717, 1.165) is 26.5 Å². The number of hydrogen-bond donors (Lipinski definition) is 3. The Labute approximate surface area is 125 Å². The molecule has 4 N–H and O–H groups in total.